The van der Waals surface area contributed by atoms with Gasteiger partial charge in [0.2, 0.25) is 0 Å². The Hall–Kier alpha value is -2.69. The first kappa shape index (κ1) is 13.3. The van der Waals surface area contributed by atoms with Crippen LogP contribution in [0.1, 0.15) is 32.7 Å². The predicted octanol–water partition coefficient (Wildman–Crippen LogP) is 2.22. The van der Waals surface area contributed by atoms with Crippen LogP contribution in [-0.4, -0.2) is 34.3 Å². The third kappa shape index (κ3) is 2.07. The fraction of sp³-hybridized carbons (Fsp3) is 0.188. The highest BCUT2D eigenvalue weighted by atomic mass is 16.4. The molecule has 2 aromatic carbocycles. The summed E-state index contributed by atoms with van der Waals surface area (Å²) in [5, 5.41) is 10.3. The molecule has 1 aliphatic heterocycles. The lowest BCUT2D eigenvalue weighted by Gasteiger charge is -2.27. The number of rotatable bonds is 3. The van der Waals surface area contributed by atoms with Crippen molar-refractivity contribution in [3.05, 3.63) is 47.0 Å². The molecule has 106 valence electrons. The maximum absolute atomic E-state index is 12.5. The van der Waals surface area contributed by atoms with Gasteiger partial charge in [-0.25, -0.2) is 0 Å². The minimum atomic E-state index is -1.04. The van der Waals surface area contributed by atoms with E-state index in [-0.39, 0.29) is 13.0 Å². The fourth-order valence-corrected chi connectivity index (χ4v) is 2.72. The Bertz CT molecular complexity index is 794. The molecule has 0 unspecified atom stereocenters. The number of benzene rings is 2. The van der Waals surface area contributed by atoms with Crippen molar-refractivity contribution < 1.29 is 19.5 Å². The highest BCUT2D eigenvalue weighted by Gasteiger charge is 2.32. The second-order valence-electron chi connectivity index (χ2n) is 5.12. The molecular weight excluding hydrogens is 270 g/mol. The molecule has 5 nitrogen and oxygen atoms in total. The molecule has 0 fully saturated rings. The van der Waals surface area contributed by atoms with Crippen molar-refractivity contribution in [1.29, 1.82) is 0 Å². The van der Waals surface area contributed by atoms with Crippen LogP contribution >= 0.6 is 0 Å². The van der Waals surface area contributed by atoms with E-state index in [2.05, 4.69) is 0 Å². The summed E-state index contributed by atoms with van der Waals surface area (Å²) in [5.74, 6) is -1.89. The topological polar surface area (TPSA) is 74.7 Å². The predicted molar refractivity (Wildman–Crippen MR) is 76.3 cm³/mol. The first-order valence-corrected chi connectivity index (χ1v) is 6.60. The quantitative estimate of drug-likeness (QED) is 0.876. The number of hydrogen-bond acceptors (Lipinski definition) is 3. The molecule has 1 heterocycles. The van der Waals surface area contributed by atoms with E-state index in [1.807, 2.05) is 19.1 Å². The van der Waals surface area contributed by atoms with Crippen LogP contribution in [0.5, 0.6) is 0 Å². The van der Waals surface area contributed by atoms with Crippen LogP contribution in [0.25, 0.3) is 10.8 Å². The van der Waals surface area contributed by atoms with Gasteiger partial charge in [0, 0.05) is 23.1 Å². The molecule has 3 rings (SSSR count). The highest BCUT2D eigenvalue weighted by molar-refractivity contribution is 6.25. The summed E-state index contributed by atoms with van der Waals surface area (Å²) in [6.07, 6.45) is -0.255. The van der Waals surface area contributed by atoms with Crippen LogP contribution < -0.4 is 0 Å². The largest absolute Gasteiger partial charge is 0.481 e. The number of carbonyl (C=O) groups is 3. The highest BCUT2D eigenvalue weighted by Crippen LogP contribution is 2.31. The van der Waals surface area contributed by atoms with Gasteiger partial charge < -0.3 is 5.11 Å². The molecule has 0 radical (unpaired) electrons. The van der Waals surface area contributed by atoms with Gasteiger partial charge in [0.1, 0.15) is 0 Å². The Morgan fingerprint density at radius 1 is 1.14 bits per heavy atom. The van der Waals surface area contributed by atoms with Gasteiger partial charge in [0.25, 0.3) is 11.8 Å². The molecular formula is C16H13NO4. The second-order valence-corrected chi connectivity index (χ2v) is 5.12. The van der Waals surface area contributed by atoms with Crippen LogP contribution in [0, 0.1) is 6.92 Å². The van der Waals surface area contributed by atoms with Crippen molar-refractivity contribution >= 4 is 28.6 Å². The van der Waals surface area contributed by atoms with E-state index in [1.54, 1.807) is 18.2 Å². The minimum absolute atomic E-state index is 0.114. The lowest BCUT2D eigenvalue weighted by Crippen LogP contribution is -2.41. The lowest BCUT2D eigenvalue weighted by molar-refractivity contribution is -0.137. The normalized spacial score (nSPS) is 13.9. The van der Waals surface area contributed by atoms with Gasteiger partial charge in [-0.1, -0.05) is 18.2 Å². The molecule has 0 aliphatic carbocycles. The first-order chi connectivity index (χ1) is 9.99. The molecule has 0 saturated carbocycles. The van der Waals surface area contributed by atoms with Crippen LogP contribution in [0.3, 0.4) is 0 Å². The van der Waals surface area contributed by atoms with E-state index in [4.69, 9.17) is 5.11 Å². The fourth-order valence-electron chi connectivity index (χ4n) is 2.72. The van der Waals surface area contributed by atoms with Gasteiger partial charge in [-0.3, -0.25) is 19.3 Å². The zero-order valence-electron chi connectivity index (χ0n) is 11.4. The van der Waals surface area contributed by atoms with Crippen LogP contribution in [0.4, 0.5) is 0 Å². The number of carboxylic acids is 1. The molecule has 2 aromatic rings. The molecule has 2 amide bonds. The number of amides is 2. The van der Waals surface area contributed by atoms with Gasteiger partial charge in [0.05, 0.1) is 6.42 Å². The van der Waals surface area contributed by atoms with Crippen molar-refractivity contribution in [2.75, 3.05) is 6.54 Å². The van der Waals surface area contributed by atoms with Crippen LogP contribution in [-0.2, 0) is 4.79 Å². The smallest absolute Gasteiger partial charge is 0.305 e. The third-order valence-electron chi connectivity index (χ3n) is 3.62. The average molecular weight is 283 g/mol. The van der Waals surface area contributed by atoms with Gasteiger partial charge in [-0.15, -0.1) is 0 Å². The van der Waals surface area contributed by atoms with E-state index in [1.165, 1.54) is 0 Å². The van der Waals surface area contributed by atoms with Gasteiger partial charge in [-0.2, -0.15) is 0 Å². The number of aliphatic carboxylic acids is 1. The van der Waals surface area contributed by atoms with Gasteiger partial charge >= 0.3 is 5.97 Å². The number of imide groups is 1. The summed E-state index contributed by atoms with van der Waals surface area (Å²) < 4.78 is 0. The monoisotopic (exact) mass is 283 g/mol. The molecule has 5 heteroatoms. The number of nitrogens with zero attached hydrogens (tertiary/aromatic N) is 1. The number of carbonyl (C=O) groups excluding carboxylic acids is 2. The summed E-state index contributed by atoms with van der Waals surface area (Å²) in [5.41, 5.74) is 1.84. The molecule has 0 aromatic heterocycles. The molecule has 0 atom stereocenters. The Labute approximate surface area is 120 Å². The Morgan fingerprint density at radius 3 is 2.57 bits per heavy atom. The summed E-state index contributed by atoms with van der Waals surface area (Å²) in [6.45, 7) is 1.77. The maximum atomic E-state index is 12.5. The molecule has 0 spiro atoms. The Kier molecular flexibility index (Phi) is 2.97. The van der Waals surface area contributed by atoms with Crippen molar-refractivity contribution in [3.8, 4) is 0 Å². The average Bonchev–Trinajstić information content (AvgIpc) is 2.43. The summed E-state index contributed by atoms with van der Waals surface area (Å²) >= 11 is 0. The van der Waals surface area contributed by atoms with Crippen molar-refractivity contribution in [2.24, 2.45) is 0 Å². The first-order valence-electron chi connectivity index (χ1n) is 6.60. The van der Waals surface area contributed by atoms with E-state index < -0.39 is 17.8 Å². The SMILES string of the molecule is Cc1cc2c3c(cccc3c1)C(=O)N(CCC(=O)O)C2=O. The Morgan fingerprint density at radius 2 is 1.86 bits per heavy atom. The third-order valence-corrected chi connectivity index (χ3v) is 3.62. The van der Waals surface area contributed by atoms with Crippen LogP contribution in [0.15, 0.2) is 30.3 Å². The van der Waals surface area contributed by atoms with Crippen molar-refractivity contribution in [1.82, 2.24) is 4.90 Å². The number of carboxylic acid groups (broad SMARTS) is 1. The summed E-state index contributed by atoms with van der Waals surface area (Å²) in [4.78, 5) is 36.6. The van der Waals surface area contributed by atoms with E-state index in [0.717, 1.165) is 15.8 Å². The lowest BCUT2D eigenvalue weighted by atomic mass is 9.92. The van der Waals surface area contributed by atoms with E-state index >= 15 is 0 Å². The van der Waals surface area contributed by atoms with E-state index in [9.17, 15) is 14.4 Å². The molecule has 0 bridgehead atoms. The van der Waals surface area contributed by atoms with Gasteiger partial charge in [0.15, 0.2) is 0 Å². The second kappa shape index (κ2) is 4.70. The molecule has 1 N–H and O–H groups in total. The molecule has 1 aliphatic rings. The summed E-state index contributed by atoms with van der Waals surface area (Å²) in [6, 6.07) is 8.97. The van der Waals surface area contributed by atoms with Crippen molar-refractivity contribution in [2.45, 2.75) is 13.3 Å². The minimum Gasteiger partial charge on any atom is -0.481 e. The zero-order chi connectivity index (χ0) is 15.1. The Balaban J connectivity index is 2.18. The number of aryl methyl sites for hydroxylation is 1. The zero-order valence-corrected chi connectivity index (χ0v) is 11.4. The summed E-state index contributed by atoms with van der Waals surface area (Å²) in [7, 11) is 0. The molecule has 21 heavy (non-hydrogen) atoms. The standard InChI is InChI=1S/C16H13NO4/c1-9-7-10-3-2-4-11-14(10)12(8-9)16(21)17(15(11)20)6-5-13(18)19/h2-4,7-8H,5-6H2,1H3,(H,18,19). The van der Waals surface area contributed by atoms with E-state index in [0.29, 0.717) is 16.5 Å². The number of hydrogen-bond donors (Lipinski definition) is 1. The molecule has 0 saturated heterocycles. The maximum Gasteiger partial charge on any atom is 0.305 e. The van der Waals surface area contributed by atoms with Crippen LogP contribution in [0.2, 0.25) is 0 Å². The van der Waals surface area contributed by atoms with Crippen molar-refractivity contribution in [3.63, 3.8) is 0 Å². The van der Waals surface area contributed by atoms with Gasteiger partial charge in [-0.05, 0) is 30.0 Å².